The zero-order chi connectivity index (χ0) is 25.3. The fourth-order valence-electron chi connectivity index (χ4n) is 4.39. The Labute approximate surface area is 209 Å². The van der Waals surface area contributed by atoms with Crippen LogP contribution < -0.4 is 14.8 Å². The van der Waals surface area contributed by atoms with E-state index in [4.69, 9.17) is 9.47 Å². The smallest absolute Gasteiger partial charge is 0.224 e. The average molecular weight is 503 g/mol. The second-order valence-corrected chi connectivity index (χ2v) is 11.0. The number of rotatable bonds is 12. The lowest BCUT2D eigenvalue weighted by Crippen LogP contribution is -2.46. The minimum Gasteiger partial charge on any atom is -0.490 e. The van der Waals surface area contributed by atoms with Crippen molar-refractivity contribution in [3.05, 3.63) is 59.7 Å². The molecule has 1 aliphatic rings. The Morgan fingerprint density at radius 1 is 1.09 bits per heavy atom. The van der Waals surface area contributed by atoms with Gasteiger partial charge in [0.1, 0.15) is 0 Å². The van der Waals surface area contributed by atoms with E-state index in [9.17, 15) is 13.2 Å². The van der Waals surface area contributed by atoms with Crippen molar-refractivity contribution in [2.24, 2.45) is 5.92 Å². The van der Waals surface area contributed by atoms with E-state index in [0.29, 0.717) is 50.5 Å². The Morgan fingerprint density at radius 3 is 2.51 bits per heavy atom. The molecule has 0 unspecified atom stereocenters. The summed E-state index contributed by atoms with van der Waals surface area (Å²) in [6.07, 6.45) is 2.65. The van der Waals surface area contributed by atoms with E-state index >= 15 is 0 Å². The van der Waals surface area contributed by atoms with Gasteiger partial charge in [-0.05, 0) is 69.7 Å². The molecule has 2 aromatic rings. The number of carbonyl (C=O) groups excluding carboxylic acids is 1. The first-order chi connectivity index (χ1) is 16.8. The van der Waals surface area contributed by atoms with Crippen LogP contribution in [0.5, 0.6) is 11.5 Å². The van der Waals surface area contributed by atoms with Gasteiger partial charge in [-0.1, -0.05) is 36.4 Å². The number of carbonyl (C=O) groups is 1. The van der Waals surface area contributed by atoms with Gasteiger partial charge in [0, 0.05) is 13.1 Å². The Kier molecular flexibility index (Phi) is 9.98. The van der Waals surface area contributed by atoms with Crippen molar-refractivity contribution in [1.82, 2.24) is 9.62 Å². The van der Waals surface area contributed by atoms with Crippen LogP contribution in [0.1, 0.15) is 57.2 Å². The Bertz CT molecular complexity index is 1060. The molecular formula is C27H38N2O5S. The van der Waals surface area contributed by atoms with Gasteiger partial charge in [0.05, 0.1) is 30.9 Å². The number of nitrogens with zero attached hydrogens (tertiary/aromatic N) is 1. The summed E-state index contributed by atoms with van der Waals surface area (Å²) < 4.78 is 38.7. The summed E-state index contributed by atoms with van der Waals surface area (Å²) in [7, 11) is -3.40. The summed E-state index contributed by atoms with van der Waals surface area (Å²) in [4.78, 5) is 13.0. The molecule has 2 aromatic carbocycles. The summed E-state index contributed by atoms with van der Waals surface area (Å²) in [6.45, 7) is 7.52. The Hall–Kier alpha value is -2.58. The van der Waals surface area contributed by atoms with Crippen molar-refractivity contribution in [2.45, 2.75) is 52.5 Å². The number of hydrogen-bond acceptors (Lipinski definition) is 5. The minimum absolute atomic E-state index is 0.0963. The summed E-state index contributed by atoms with van der Waals surface area (Å²) in [6, 6.07) is 15.3. The monoisotopic (exact) mass is 502 g/mol. The maximum atomic E-state index is 13.0. The molecule has 1 amide bonds. The summed E-state index contributed by atoms with van der Waals surface area (Å²) >= 11 is 0. The van der Waals surface area contributed by atoms with Crippen LogP contribution in [-0.4, -0.2) is 50.7 Å². The molecule has 35 heavy (non-hydrogen) atoms. The predicted molar refractivity (Wildman–Crippen MR) is 138 cm³/mol. The third-order valence-electron chi connectivity index (χ3n) is 6.29. The molecule has 192 valence electrons. The molecule has 0 bridgehead atoms. The lowest BCUT2D eigenvalue weighted by molar-refractivity contribution is -0.126. The van der Waals surface area contributed by atoms with Crippen molar-refractivity contribution < 1.29 is 22.7 Å². The molecule has 0 saturated carbocycles. The maximum absolute atomic E-state index is 13.0. The quantitative estimate of drug-likeness (QED) is 0.467. The van der Waals surface area contributed by atoms with Crippen molar-refractivity contribution in [3.63, 3.8) is 0 Å². The Balaban J connectivity index is 1.57. The Morgan fingerprint density at radius 2 is 1.80 bits per heavy atom. The predicted octanol–water partition coefficient (Wildman–Crippen LogP) is 4.34. The summed E-state index contributed by atoms with van der Waals surface area (Å²) in [5.74, 6) is 0.951. The van der Waals surface area contributed by atoms with Crippen molar-refractivity contribution >= 4 is 15.9 Å². The van der Waals surface area contributed by atoms with Crippen molar-refractivity contribution in [2.75, 3.05) is 32.1 Å². The molecule has 0 aliphatic carbocycles. The number of piperidine rings is 1. The third kappa shape index (κ3) is 7.70. The zero-order valence-corrected chi connectivity index (χ0v) is 21.9. The van der Waals surface area contributed by atoms with Crippen LogP contribution in [-0.2, 0) is 21.2 Å². The molecule has 0 radical (unpaired) electrons. The molecular weight excluding hydrogens is 464 g/mol. The van der Waals surface area contributed by atoms with Crippen LogP contribution in [0, 0.1) is 5.92 Å². The van der Waals surface area contributed by atoms with Crippen LogP contribution in [0.2, 0.25) is 0 Å². The second-order valence-electron chi connectivity index (χ2n) is 8.90. The molecule has 1 saturated heterocycles. The van der Waals surface area contributed by atoms with Gasteiger partial charge in [0.15, 0.2) is 11.5 Å². The lowest BCUT2D eigenvalue weighted by Gasteiger charge is -2.32. The van der Waals surface area contributed by atoms with Crippen LogP contribution in [0.3, 0.4) is 0 Å². The molecule has 2 atom stereocenters. The maximum Gasteiger partial charge on any atom is 0.224 e. The van der Waals surface area contributed by atoms with Crippen molar-refractivity contribution in [3.8, 4) is 11.5 Å². The van der Waals surface area contributed by atoms with Gasteiger partial charge >= 0.3 is 0 Å². The van der Waals surface area contributed by atoms with Crippen LogP contribution in [0.25, 0.3) is 0 Å². The fraction of sp³-hybridized carbons (Fsp3) is 0.519. The zero-order valence-electron chi connectivity index (χ0n) is 21.0. The van der Waals surface area contributed by atoms with E-state index in [-0.39, 0.29) is 30.2 Å². The van der Waals surface area contributed by atoms with E-state index in [1.807, 2.05) is 69.3 Å². The standard InChI is InChI=1S/C27H38N2O5S/c1-4-33-25-16-15-23(19-26(25)34-5-2)21(3)28-27(30)24-14-9-17-29(20-24)35(31,32)18-10-13-22-11-7-6-8-12-22/h6-8,11-12,15-16,19,21,24H,4-5,9-10,13-14,17-18,20H2,1-3H3,(H,28,30)/t21-,24-/m1/s1. The first-order valence-electron chi connectivity index (χ1n) is 12.6. The highest BCUT2D eigenvalue weighted by molar-refractivity contribution is 7.89. The topological polar surface area (TPSA) is 84.9 Å². The molecule has 3 rings (SSSR count). The minimum atomic E-state index is -3.40. The molecule has 1 fully saturated rings. The number of sulfonamides is 1. The van der Waals surface area contributed by atoms with Crippen LogP contribution >= 0.6 is 0 Å². The molecule has 1 heterocycles. The highest BCUT2D eigenvalue weighted by Crippen LogP contribution is 2.31. The average Bonchev–Trinajstić information content (AvgIpc) is 2.86. The van der Waals surface area contributed by atoms with Crippen LogP contribution in [0.15, 0.2) is 48.5 Å². The van der Waals surface area contributed by atoms with Gasteiger partial charge in [-0.25, -0.2) is 12.7 Å². The number of benzene rings is 2. The van der Waals surface area contributed by atoms with Gasteiger partial charge in [-0.3, -0.25) is 4.79 Å². The molecule has 0 spiro atoms. The molecule has 1 N–H and O–H groups in total. The number of amides is 1. The summed E-state index contributed by atoms with van der Waals surface area (Å²) in [5, 5.41) is 3.07. The first-order valence-corrected chi connectivity index (χ1v) is 14.2. The van der Waals surface area contributed by atoms with E-state index in [2.05, 4.69) is 5.32 Å². The summed E-state index contributed by atoms with van der Waals surface area (Å²) in [5.41, 5.74) is 2.04. The fourth-order valence-corrected chi connectivity index (χ4v) is 5.97. The SMILES string of the molecule is CCOc1ccc([C@@H](C)NC(=O)[C@@H]2CCCN(S(=O)(=O)CCCc3ccccc3)C2)cc1OCC. The highest BCUT2D eigenvalue weighted by Gasteiger charge is 2.32. The normalized spacial score (nSPS) is 17.5. The lowest BCUT2D eigenvalue weighted by atomic mass is 9.98. The van der Waals surface area contributed by atoms with Gasteiger partial charge in [-0.2, -0.15) is 0 Å². The van der Waals surface area contributed by atoms with Crippen LogP contribution in [0.4, 0.5) is 0 Å². The van der Waals surface area contributed by atoms with Gasteiger partial charge in [0.2, 0.25) is 15.9 Å². The number of nitrogens with one attached hydrogen (secondary N) is 1. The molecule has 1 aliphatic heterocycles. The van der Waals surface area contributed by atoms with Crippen molar-refractivity contribution in [1.29, 1.82) is 0 Å². The van der Waals surface area contributed by atoms with Gasteiger partial charge < -0.3 is 14.8 Å². The molecule has 7 nitrogen and oxygen atoms in total. The number of ether oxygens (including phenoxy) is 2. The van der Waals surface area contributed by atoms with E-state index in [1.165, 1.54) is 4.31 Å². The van der Waals surface area contributed by atoms with Gasteiger partial charge in [-0.15, -0.1) is 0 Å². The highest BCUT2D eigenvalue weighted by atomic mass is 32.2. The molecule has 8 heteroatoms. The largest absolute Gasteiger partial charge is 0.490 e. The second kappa shape index (κ2) is 12.9. The van der Waals surface area contributed by atoms with Gasteiger partial charge in [0.25, 0.3) is 0 Å². The first kappa shape index (κ1) is 27.0. The molecule has 0 aromatic heterocycles. The number of hydrogen-bond donors (Lipinski definition) is 1. The van der Waals surface area contributed by atoms with E-state index < -0.39 is 10.0 Å². The third-order valence-corrected chi connectivity index (χ3v) is 8.21. The van der Waals surface area contributed by atoms with E-state index in [1.54, 1.807) is 0 Å². The number of aryl methyl sites for hydroxylation is 1. The van der Waals surface area contributed by atoms with E-state index in [0.717, 1.165) is 17.5 Å².